The van der Waals surface area contributed by atoms with Crippen molar-refractivity contribution in [2.75, 3.05) is 33.7 Å². The zero-order valence-electron chi connectivity index (χ0n) is 11.0. The van der Waals surface area contributed by atoms with Crippen LogP contribution in [0.25, 0.3) is 0 Å². The van der Waals surface area contributed by atoms with E-state index in [2.05, 4.69) is 50.0 Å². The average molecular weight is 213 g/mol. The Hall–Kier alpha value is -0.120. The molecule has 1 fully saturated rings. The first-order chi connectivity index (χ1) is 7.06. The highest BCUT2D eigenvalue weighted by molar-refractivity contribution is 4.83. The predicted octanol–water partition coefficient (Wildman–Crippen LogP) is 1.01. The SMILES string of the molecule is CNC(C)C(C)N1CCCN(C)CC1C. The molecule has 1 heterocycles. The van der Waals surface area contributed by atoms with E-state index in [1.54, 1.807) is 0 Å². The van der Waals surface area contributed by atoms with Gasteiger partial charge in [0.25, 0.3) is 0 Å². The maximum atomic E-state index is 3.36. The second-order valence-corrected chi connectivity index (χ2v) is 5.02. The number of hydrogen-bond acceptors (Lipinski definition) is 3. The molecule has 1 aliphatic heterocycles. The molecule has 0 bridgehead atoms. The van der Waals surface area contributed by atoms with Gasteiger partial charge in [-0.05, 0) is 47.8 Å². The molecule has 0 aromatic heterocycles. The van der Waals surface area contributed by atoms with Gasteiger partial charge < -0.3 is 10.2 Å². The smallest absolute Gasteiger partial charge is 0.0221 e. The van der Waals surface area contributed by atoms with E-state index in [1.807, 2.05) is 0 Å². The molecule has 1 rings (SSSR count). The Labute approximate surface area is 94.8 Å². The van der Waals surface area contributed by atoms with Crippen molar-refractivity contribution in [1.29, 1.82) is 0 Å². The van der Waals surface area contributed by atoms with E-state index in [4.69, 9.17) is 0 Å². The molecule has 0 spiro atoms. The van der Waals surface area contributed by atoms with Crippen LogP contribution in [0.5, 0.6) is 0 Å². The Balaban J connectivity index is 2.58. The van der Waals surface area contributed by atoms with E-state index in [0.717, 1.165) is 0 Å². The monoisotopic (exact) mass is 213 g/mol. The summed E-state index contributed by atoms with van der Waals surface area (Å²) in [5.74, 6) is 0. The van der Waals surface area contributed by atoms with Crippen LogP contribution >= 0.6 is 0 Å². The fourth-order valence-electron chi connectivity index (χ4n) is 2.52. The van der Waals surface area contributed by atoms with Crippen LogP contribution in [0.15, 0.2) is 0 Å². The molecule has 1 saturated heterocycles. The lowest BCUT2D eigenvalue weighted by Crippen LogP contribution is -2.50. The van der Waals surface area contributed by atoms with Gasteiger partial charge in [0.05, 0.1) is 0 Å². The molecule has 1 aliphatic rings. The van der Waals surface area contributed by atoms with E-state index >= 15 is 0 Å². The van der Waals surface area contributed by atoms with Crippen molar-refractivity contribution in [3.8, 4) is 0 Å². The molecule has 0 saturated carbocycles. The van der Waals surface area contributed by atoms with Crippen molar-refractivity contribution in [3.63, 3.8) is 0 Å². The Bertz CT molecular complexity index is 184. The molecular weight excluding hydrogens is 186 g/mol. The largest absolute Gasteiger partial charge is 0.316 e. The molecule has 0 radical (unpaired) electrons. The molecule has 3 nitrogen and oxygen atoms in total. The minimum Gasteiger partial charge on any atom is -0.316 e. The Morgan fingerprint density at radius 3 is 2.53 bits per heavy atom. The van der Waals surface area contributed by atoms with Gasteiger partial charge in [-0.1, -0.05) is 0 Å². The van der Waals surface area contributed by atoms with Crippen LogP contribution in [-0.2, 0) is 0 Å². The van der Waals surface area contributed by atoms with E-state index in [0.29, 0.717) is 18.1 Å². The highest BCUT2D eigenvalue weighted by Crippen LogP contribution is 2.14. The molecule has 3 unspecified atom stereocenters. The van der Waals surface area contributed by atoms with E-state index < -0.39 is 0 Å². The molecular formula is C12H27N3. The Morgan fingerprint density at radius 1 is 1.27 bits per heavy atom. The number of hydrogen-bond donors (Lipinski definition) is 1. The summed E-state index contributed by atoms with van der Waals surface area (Å²) in [5.41, 5.74) is 0. The predicted molar refractivity (Wildman–Crippen MR) is 66.3 cm³/mol. The summed E-state index contributed by atoms with van der Waals surface area (Å²) in [4.78, 5) is 5.09. The van der Waals surface area contributed by atoms with Gasteiger partial charge in [-0.15, -0.1) is 0 Å². The fraction of sp³-hybridized carbons (Fsp3) is 1.00. The van der Waals surface area contributed by atoms with Gasteiger partial charge in [-0.2, -0.15) is 0 Å². The zero-order chi connectivity index (χ0) is 11.4. The molecule has 0 amide bonds. The maximum Gasteiger partial charge on any atom is 0.0221 e. The van der Waals surface area contributed by atoms with E-state index in [1.165, 1.54) is 26.1 Å². The fourth-order valence-corrected chi connectivity index (χ4v) is 2.52. The second-order valence-electron chi connectivity index (χ2n) is 5.02. The van der Waals surface area contributed by atoms with Crippen LogP contribution in [-0.4, -0.2) is 61.7 Å². The molecule has 3 heteroatoms. The second kappa shape index (κ2) is 5.83. The van der Waals surface area contributed by atoms with Crippen molar-refractivity contribution in [2.45, 2.75) is 45.3 Å². The van der Waals surface area contributed by atoms with Crippen LogP contribution in [0.1, 0.15) is 27.2 Å². The lowest BCUT2D eigenvalue weighted by atomic mass is 10.1. The number of nitrogens with one attached hydrogen (secondary N) is 1. The van der Waals surface area contributed by atoms with Crippen molar-refractivity contribution >= 4 is 0 Å². The van der Waals surface area contributed by atoms with Crippen molar-refractivity contribution in [2.24, 2.45) is 0 Å². The summed E-state index contributed by atoms with van der Waals surface area (Å²) in [6.45, 7) is 10.6. The van der Waals surface area contributed by atoms with Gasteiger partial charge in [0.1, 0.15) is 0 Å². The summed E-state index contributed by atoms with van der Waals surface area (Å²) in [6.07, 6.45) is 1.29. The third-order valence-corrected chi connectivity index (χ3v) is 3.80. The van der Waals surface area contributed by atoms with Crippen LogP contribution in [0.2, 0.25) is 0 Å². The summed E-state index contributed by atoms with van der Waals surface area (Å²) in [5, 5.41) is 3.36. The van der Waals surface area contributed by atoms with Gasteiger partial charge in [0.15, 0.2) is 0 Å². The van der Waals surface area contributed by atoms with Gasteiger partial charge in [-0.25, -0.2) is 0 Å². The highest BCUT2D eigenvalue weighted by atomic mass is 15.3. The van der Waals surface area contributed by atoms with Crippen LogP contribution in [0.3, 0.4) is 0 Å². The summed E-state index contributed by atoms with van der Waals surface area (Å²) >= 11 is 0. The van der Waals surface area contributed by atoms with Crippen molar-refractivity contribution in [1.82, 2.24) is 15.1 Å². The maximum absolute atomic E-state index is 3.36. The minimum absolute atomic E-state index is 0.566. The van der Waals surface area contributed by atoms with Gasteiger partial charge in [-0.3, -0.25) is 4.90 Å². The molecule has 0 aliphatic carbocycles. The molecule has 3 atom stereocenters. The highest BCUT2D eigenvalue weighted by Gasteiger charge is 2.26. The van der Waals surface area contributed by atoms with Crippen LogP contribution < -0.4 is 5.32 Å². The van der Waals surface area contributed by atoms with Gasteiger partial charge >= 0.3 is 0 Å². The van der Waals surface area contributed by atoms with Crippen molar-refractivity contribution in [3.05, 3.63) is 0 Å². The first-order valence-corrected chi connectivity index (χ1v) is 6.17. The quantitative estimate of drug-likeness (QED) is 0.755. The first-order valence-electron chi connectivity index (χ1n) is 6.17. The van der Waals surface area contributed by atoms with Crippen molar-refractivity contribution < 1.29 is 0 Å². The Morgan fingerprint density at radius 2 is 1.93 bits per heavy atom. The average Bonchev–Trinajstić information content (AvgIpc) is 2.37. The Kier molecular flexibility index (Phi) is 5.03. The number of rotatable bonds is 3. The summed E-state index contributed by atoms with van der Waals surface area (Å²) in [6, 6.07) is 1.86. The summed E-state index contributed by atoms with van der Waals surface area (Å²) in [7, 11) is 4.28. The number of likely N-dealkylation sites (N-methyl/N-ethyl adjacent to an activating group) is 2. The molecule has 0 aromatic rings. The van der Waals surface area contributed by atoms with Crippen LogP contribution in [0.4, 0.5) is 0 Å². The lowest BCUT2D eigenvalue weighted by molar-refractivity contribution is 0.130. The molecule has 1 N–H and O–H groups in total. The van der Waals surface area contributed by atoms with Gasteiger partial charge in [0, 0.05) is 31.2 Å². The number of nitrogens with zero attached hydrogens (tertiary/aromatic N) is 2. The molecule has 15 heavy (non-hydrogen) atoms. The summed E-state index contributed by atoms with van der Waals surface area (Å²) < 4.78 is 0. The first kappa shape index (κ1) is 12.9. The standard InChI is InChI=1S/C12H27N3/c1-10-9-14(5)7-6-8-15(10)12(3)11(2)13-4/h10-13H,6-9H2,1-5H3. The van der Waals surface area contributed by atoms with E-state index in [9.17, 15) is 0 Å². The lowest BCUT2D eigenvalue weighted by Gasteiger charge is -2.36. The third-order valence-electron chi connectivity index (χ3n) is 3.80. The minimum atomic E-state index is 0.566. The zero-order valence-corrected chi connectivity index (χ0v) is 11.0. The molecule has 90 valence electrons. The van der Waals surface area contributed by atoms with E-state index in [-0.39, 0.29) is 0 Å². The molecule has 0 aromatic carbocycles. The normalized spacial score (nSPS) is 29.8. The third kappa shape index (κ3) is 3.44. The van der Waals surface area contributed by atoms with Crippen LogP contribution in [0, 0.1) is 0 Å². The van der Waals surface area contributed by atoms with Gasteiger partial charge in [0.2, 0.25) is 0 Å². The topological polar surface area (TPSA) is 18.5 Å².